The summed E-state index contributed by atoms with van der Waals surface area (Å²) in [5.41, 5.74) is 6.43. The molecule has 15 heavy (non-hydrogen) atoms. The third kappa shape index (κ3) is 2.40. The molecule has 0 atom stereocenters. The van der Waals surface area contributed by atoms with E-state index in [-0.39, 0.29) is 5.54 Å². The molecule has 2 N–H and O–H groups in total. The zero-order valence-corrected chi connectivity index (χ0v) is 9.58. The topological polar surface area (TPSA) is 43.8 Å². The van der Waals surface area contributed by atoms with E-state index in [4.69, 9.17) is 5.73 Å². The van der Waals surface area contributed by atoms with Crippen LogP contribution in [0.1, 0.15) is 44.9 Å². The van der Waals surface area contributed by atoms with Gasteiger partial charge in [-0.05, 0) is 19.8 Å². The Morgan fingerprint density at radius 3 is 2.80 bits per heavy atom. The molecule has 1 saturated carbocycles. The SMILES string of the molecule is CCn1ccnc1CC1(N)CCCCC1. The van der Waals surface area contributed by atoms with Crippen molar-refractivity contribution in [3.05, 3.63) is 18.2 Å². The second-order valence-electron chi connectivity index (χ2n) is 4.73. The summed E-state index contributed by atoms with van der Waals surface area (Å²) in [6, 6.07) is 0. The van der Waals surface area contributed by atoms with Crippen molar-refractivity contribution in [1.29, 1.82) is 0 Å². The van der Waals surface area contributed by atoms with E-state index in [0.29, 0.717) is 0 Å². The molecular weight excluding hydrogens is 186 g/mol. The maximum atomic E-state index is 6.42. The molecule has 2 rings (SSSR count). The summed E-state index contributed by atoms with van der Waals surface area (Å²) in [4.78, 5) is 4.41. The Hall–Kier alpha value is -0.830. The Balaban J connectivity index is 2.06. The fourth-order valence-corrected chi connectivity index (χ4v) is 2.54. The van der Waals surface area contributed by atoms with E-state index in [0.717, 1.165) is 31.6 Å². The smallest absolute Gasteiger partial charge is 0.110 e. The van der Waals surface area contributed by atoms with Crippen LogP contribution in [0.5, 0.6) is 0 Å². The molecule has 1 fully saturated rings. The van der Waals surface area contributed by atoms with Gasteiger partial charge >= 0.3 is 0 Å². The van der Waals surface area contributed by atoms with Gasteiger partial charge in [-0.2, -0.15) is 0 Å². The van der Waals surface area contributed by atoms with E-state index < -0.39 is 0 Å². The quantitative estimate of drug-likeness (QED) is 0.825. The average Bonchev–Trinajstić information content (AvgIpc) is 2.65. The zero-order valence-electron chi connectivity index (χ0n) is 9.58. The molecule has 0 unspecified atom stereocenters. The number of rotatable bonds is 3. The van der Waals surface area contributed by atoms with Crippen LogP contribution in [-0.4, -0.2) is 15.1 Å². The Morgan fingerprint density at radius 1 is 1.40 bits per heavy atom. The predicted octanol–water partition coefficient (Wildman–Crippen LogP) is 2.11. The van der Waals surface area contributed by atoms with E-state index in [1.807, 2.05) is 12.4 Å². The van der Waals surface area contributed by atoms with Gasteiger partial charge in [0, 0.05) is 30.9 Å². The number of nitrogens with two attached hydrogens (primary N) is 1. The molecule has 0 amide bonds. The minimum atomic E-state index is 0.0104. The van der Waals surface area contributed by atoms with E-state index in [9.17, 15) is 0 Å². The summed E-state index contributed by atoms with van der Waals surface area (Å²) in [5, 5.41) is 0. The second kappa shape index (κ2) is 4.35. The van der Waals surface area contributed by atoms with Crippen molar-refractivity contribution in [1.82, 2.24) is 9.55 Å². The van der Waals surface area contributed by atoms with Crippen molar-refractivity contribution in [2.45, 2.75) is 57.5 Å². The van der Waals surface area contributed by atoms with Gasteiger partial charge in [-0.15, -0.1) is 0 Å². The van der Waals surface area contributed by atoms with E-state index >= 15 is 0 Å². The van der Waals surface area contributed by atoms with Crippen LogP contribution in [0.4, 0.5) is 0 Å². The van der Waals surface area contributed by atoms with Gasteiger partial charge in [0.1, 0.15) is 5.82 Å². The highest BCUT2D eigenvalue weighted by molar-refractivity contribution is 5.01. The van der Waals surface area contributed by atoms with Gasteiger partial charge in [-0.3, -0.25) is 0 Å². The Morgan fingerprint density at radius 2 is 2.13 bits per heavy atom. The Labute approximate surface area is 91.7 Å². The molecule has 0 spiro atoms. The largest absolute Gasteiger partial charge is 0.335 e. The monoisotopic (exact) mass is 207 g/mol. The second-order valence-corrected chi connectivity index (χ2v) is 4.73. The van der Waals surface area contributed by atoms with Gasteiger partial charge in [-0.1, -0.05) is 19.3 Å². The molecular formula is C12H21N3. The fraction of sp³-hybridized carbons (Fsp3) is 0.750. The normalized spacial score (nSPS) is 20.4. The highest BCUT2D eigenvalue weighted by Crippen LogP contribution is 2.28. The molecule has 0 aliphatic heterocycles. The van der Waals surface area contributed by atoms with Crippen molar-refractivity contribution in [3.8, 4) is 0 Å². The first-order chi connectivity index (χ1) is 7.23. The summed E-state index contributed by atoms with van der Waals surface area (Å²) >= 11 is 0. The van der Waals surface area contributed by atoms with Gasteiger partial charge in [-0.25, -0.2) is 4.98 Å². The van der Waals surface area contributed by atoms with Gasteiger partial charge in [0.25, 0.3) is 0 Å². The minimum Gasteiger partial charge on any atom is -0.335 e. The van der Waals surface area contributed by atoms with Crippen LogP contribution in [0, 0.1) is 0 Å². The minimum absolute atomic E-state index is 0.0104. The van der Waals surface area contributed by atoms with Crippen molar-refractivity contribution in [3.63, 3.8) is 0 Å². The number of nitrogens with zero attached hydrogens (tertiary/aromatic N) is 2. The molecule has 1 aromatic rings. The predicted molar refractivity (Wildman–Crippen MR) is 61.6 cm³/mol. The van der Waals surface area contributed by atoms with E-state index in [1.165, 1.54) is 19.3 Å². The number of aromatic nitrogens is 2. The van der Waals surface area contributed by atoms with Crippen molar-refractivity contribution in [2.75, 3.05) is 0 Å². The fourth-order valence-electron chi connectivity index (χ4n) is 2.54. The van der Waals surface area contributed by atoms with E-state index in [2.05, 4.69) is 16.5 Å². The number of imidazole rings is 1. The highest BCUT2D eigenvalue weighted by atomic mass is 15.1. The standard InChI is InChI=1S/C12H21N3/c1-2-15-9-8-14-11(15)10-12(13)6-4-3-5-7-12/h8-9H,2-7,10,13H2,1H3. The van der Waals surface area contributed by atoms with Gasteiger partial charge in [0.2, 0.25) is 0 Å². The molecule has 1 aliphatic carbocycles. The first kappa shape index (κ1) is 10.7. The summed E-state index contributed by atoms with van der Waals surface area (Å²) in [5.74, 6) is 1.15. The molecule has 1 aliphatic rings. The van der Waals surface area contributed by atoms with E-state index in [1.54, 1.807) is 0 Å². The van der Waals surface area contributed by atoms with Crippen LogP contribution in [-0.2, 0) is 13.0 Å². The van der Waals surface area contributed by atoms with Gasteiger partial charge in [0.15, 0.2) is 0 Å². The summed E-state index contributed by atoms with van der Waals surface area (Å²) in [6.07, 6.45) is 11.1. The maximum absolute atomic E-state index is 6.42. The summed E-state index contributed by atoms with van der Waals surface area (Å²) in [7, 11) is 0. The van der Waals surface area contributed by atoms with Crippen molar-refractivity contribution < 1.29 is 0 Å². The highest BCUT2D eigenvalue weighted by Gasteiger charge is 2.28. The molecule has 3 nitrogen and oxygen atoms in total. The zero-order chi connectivity index (χ0) is 10.7. The number of hydrogen-bond acceptors (Lipinski definition) is 2. The summed E-state index contributed by atoms with van der Waals surface area (Å²) in [6.45, 7) is 3.14. The molecule has 0 radical (unpaired) electrons. The average molecular weight is 207 g/mol. The lowest BCUT2D eigenvalue weighted by Crippen LogP contribution is -2.44. The lowest BCUT2D eigenvalue weighted by atomic mass is 9.80. The third-order valence-electron chi connectivity index (χ3n) is 3.50. The lowest BCUT2D eigenvalue weighted by molar-refractivity contribution is 0.287. The van der Waals surface area contributed by atoms with Gasteiger partial charge < -0.3 is 10.3 Å². The molecule has 0 bridgehead atoms. The number of hydrogen-bond donors (Lipinski definition) is 1. The Bertz CT molecular complexity index is 310. The molecule has 1 aromatic heterocycles. The first-order valence-corrected chi connectivity index (χ1v) is 6.02. The van der Waals surface area contributed by atoms with Crippen LogP contribution >= 0.6 is 0 Å². The maximum Gasteiger partial charge on any atom is 0.110 e. The van der Waals surface area contributed by atoms with Crippen molar-refractivity contribution >= 4 is 0 Å². The summed E-state index contributed by atoms with van der Waals surface area (Å²) < 4.78 is 2.20. The molecule has 84 valence electrons. The van der Waals surface area contributed by atoms with Gasteiger partial charge in [0.05, 0.1) is 0 Å². The first-order valence-electron chi connectivity index (χ1n) is 6.02. The van der Waals surface area contributed by atoms with Crippen LogP contribution in [0.15, 0.2) is 12.4 Å². The third-order valence-corrected chi connectivity index (χ3v) is 3.50. The van der Waals surface area contributed by atoms with Crippen LogP contribution in [0.3, 0.4) is 0 Å². The van der Waals surface area contributed by atoms with Crippen LogP contribution in [0.2, 0.25) is 0 Å². The molecule has 1 heterocycles. The van der Waals surface area contributed by atoms with Crippen molar-refractivity contribution in [2.24, 2.45) is 5.73 Å². The lowest BCUT2D eigenvalue weighted by Gasteiger charge is -2.33. The van der Waals surface area contributed by atoms with Crippen LogP contribution < -0.4 is 5.73 Å². The Kier molecular flexibility index (Phi) is 3.10. The molecule has 0 saturated heterocycles. The van der Waals surface area contributed by atoms with Crippen LogP contribution in [0.25, 0.3) is 0 Å². The molecule has 3 heteroatoms. The number of aryl methyl sites for hydroxylation is 1. The molecule has 0 aromatic carbocycles.